The fourth-order valence-electron chi connectivity index (χ4n) is 6.57. The molecule has 0 amide bonds. The van der Waals surface area contributed by atoms with Crippen LogP contribution in [0.3, 0.4) is 0 Å². The van der Waals surface area contributed by atoms with Gasteiger partial charge in [0.2, 0.25) is 0 Å². The highest BCUT2D eigenvalue weighted by atomic mass is 35.5. The van der Waals surface area contributed by atoms with Gasteiger partial charge in [0.25, 0.3) is 0 Å². The van der Waals surface area contributed by atoms with E-state index in [0.717, 1.165) is 72.9 Å². The first-order valence-electron chi connectivity index (χ1n) is 17.3. The van der Waals surface area contributed by atoms with Crippen LogP contribution in [0.1, 0.15) is 67.9 Å². The molecule has 1 unspecified atom stereocenters. The van der Waals surface area contributed by atoms with E-state index in [2.05, 4.69) is 84.3 Å². The smallest absolute Gasteiger partial charge is 0.128 e. The number of aryl methyl sites for hydroxylation is 1. The number of hydrogen-bond donors (Lipinski definition) is 1. The second-order valence-corrected chi connectivity index (χ2v) is 12.7. The summed E-state index contributed by atoms with van der Waals surface area (Å²) in [5, 5.41) is 10.3. The Balaban J connectivity index is 0.00000221. The van der Waals surface area contributed by atoms with Gasteiger partial charge in [0.05, 0.1) is 24.6 Å². The number of aromatic nitrogens is 1. The molecule has 0 radical (unpaired) electrons. The van der Waals surface area contributed by atoms with Crippen molar-refractivity contribution in [1.82, 2.24) is 4.98 Å². The van der Waals surface area contributed by atoms with E-state index < -0.39 is 0 Å². The summed E-state index contributed by atoms with van der Waals surface area (Å²) in [6, 6.07) is 27.2. The molecular formula is C41H49ClN4O2. The van der Waals surface area contributed by atoms with E-state index >= 15 is 0 Å². The van der Waals surface area contributed by atoms with Crippen molar-refractivity contribution >= 4 is 28.8 Å². The van der Waals surface area contributed by atoms with Gasteiger partial charge < -0.3 is 19.6 Å². The van der Waals surface area contributed by atoms with Gasteiger partial charge >= 0.3 is 0 Å². The molecule has 48 heavy (non-hydrogen) atoms. The summed E-state index contributed by atoms with van der Waals surface area (Å²) in [6.45, 7) is 11.1. The number of allylic oxidation sites excluding steroid dienone is 1. The van der Waals surface area contributed by atoms with E-state index in [1.165, 1.54) is 22.4 Å². The molecule has 1 N–H and O–H groups in total. The third kappa shape index (κ3) is 8.11. The van der Waals surface area contributed by atoms with Gasteiger partial charge in [-0.2, -0.15) is 0 Å². The Hall–Kier alpha value is -4.13. The van der Waals surface area contributed by atoms with Crippen molar-refractivity contribution in [2.24, 2.45) is 10.9 Å². The SMILES string of the molecule is CC.CC/C=C1/C(Cc2ccccc2C)N=C(c2ccc(N3CCC(CO)CC3)nc2)c2cc(Cl)ccc2N1Cc1ccc(OC)cc1. The minimum absolute atomic E-state index is 0.127. The van der Waals surface area contributed by atoms with Gasteiger partial charge in [0.15, 0.2) is 0 Å². The van der Waals surface area contributed by atoms with Gasteiger partial charge in [0, 0.05) is 60.7 Å². The number of aliphatic hydroxyl groups excluding tert-OH is 1. The molecule has 0 aliphatic carbocycles. The van der Waals surface area contributed by atoms with Crippen LogP contribution in [-0.4, -0.2) is 48.7 Å². The molecule has 2 aliphatic rings. The molecule has 3 aromatic carbocycles. The topological polar surface area (TPSA) is 61.2 Å². The van der Waals surface area contributed by atoms with Crippen LogP contribution < -0.4 is 14.5 Å². The highest BCUT2D eigenvalue weighted by molar-refractivity contribution is 6.31. The predicted octanol–water partition coefficient (Wildman–Crippen LogP) is 9.05. The van der Waals surface area contributed by atoms with E-state index in [4.69, 9.17) is 26.3 Å². The molecular weight excluding hydrogens is 616 g/mol. The maximum absolute atomic E-state index is 9.59. The molecule has 6 nitrogen and oxygen atoms in total. The number of aliphatic imine (C=N–C) groups is 1. The number of pyridine rings is 1. The lowest BCUT2D eigenvalue weighted by molar-refractivity contribution is 0.203. The zero-order chi connectivity index (χ0) is 34.0. The van der Waals surface area contributed by atoms with E-state index in [1.807, 2.05) is 44.3 Å². The van der Waals surface area contributed by atoms with Crippen LogP contribution in [0.15, 0.2) is 102 Å². The molecule has 1 fully saturated rings. The zero-order valence-corrected chi connectivity index (χ0v) is 29.8. The second kappa shape index (κ2) is 16.8. The van der Waals surface area contributed by atoms with Crippen LogP contribution >= 0.6 is 11.6 Å². The van der Waals surface area contributed by atoms with E-state index in [-0.39, 0.29) is 12.6 Å². The molecule has 252 valence electrons. The molecule has 4 aromatic rings. The van der Waals surface area contributed by atoms with Crippen LogP contribution in [0.4, 0.5) is 11.5 Å². The number of benzodiazepines with no additional fused rings is 1. The number of fused-ring (bicyclic) bond motifs is 1. The first-order valence-corrected chi connectivity index (χ1v) is 17.7. The highest BCUT2D eigenvalue weighted by Gasteiger charge is 2.30. The number of methoxy groups -OCH3 is 1. The van der Waals surface area contributed by atoms with Crippen molar-refractivity contribution < 1.29 is 9.84 Å². The number of nitrogens with zero attached hydrogens (tertiary/aromatic N) is 4. The summed E-state index contributed by atoms with van der Waals surface area (Å²) < 4.78 is 5.45. The summed E-state index contributed by atoms with van der Waals surface area (Å²) in [6.07, 6.45) is 7.91. The minimum Gasteiger partial charge on any atom is -0.497 e. The van der Waals surface area contributed by atoms with Crippen LogP contribution in [-0.2, 0) is 13.0 Å². The summed E-state index contributed by atoms with van der Waals surface area (Å²) >= 11 is 6.72. The summed E-state index contributed by atoms with van der Waals surface area (Å²) in [5.74, 6) is 2.19. The van der Waals surface area contributed by atoms with Gasteiger partial charge in [-0.05, 0) is 91.3 Å². The first kappa shape index (κ1) is 35.2. The fraction of sp³-hybridized carbons (Fsp3) is 0.366. The molecule has 0 saturated carbocycles. The lowest BCUT2D eigenvalue weighted by Gasteiger charge is -2.32. The first-order chi connectivity index (χ1) is 23.5. The minimum atomic E-state index is -0.127. The Morgan fingerprint density at radius 2 is 1.73 bits per heavy atom. The molecule has 1 atom stereocenters. The van der Waals surface area contributed by atoms with E-state index in [9.17, 15) is 5.11 Å². The fourth-order valence-corrected chi connectivity index (χ4v) is 6.75. The molecule has 2 aliphatic heterocycles. The number of halogens is 1. The van der Waals surface area contributed by atoms with E-state index in [0.29, 0.717) is 17.5 Å². The van der Waals surface area contributed by atoms with Crippen molar-refractivity contribution in [1.29, 1.82) is 0 Å². The quantitative estimate of drug-likeness (QED) is 0.193. The van der Waals surface area contributed by atoms with Crippen molar-refractivity contribution in [3.05, 3.63) is 130 Å². The number of anilines is 2. The average molecular weight is 665 g/mol. The maximum atomic E-state index is 9.59. The Morgan fingerprint density at radius 3 is 2.38 bits per heavy atom. The molecule has 0 bridgehead atoms. The molecule has 7 heteroatoms. The van der Waals surface area contributed by atoms with Crippen molar-refractivity contribution in [3.8, 4) is 5.75 Å². The van der Waals surface area contributed by atoms with Crippen molar-refractivity contribution in [2.75, 3.05) is 36.6 Å². The molecule has 3 heterocycles. The standard InChI is InChI=1S/C39H43ClN4O2.C2H6/c1-4-7-37-35(22-30-9-6-5-8-27(30)2)42-39(31-12-17-38(41-24-31)43-20-18-29(26-45)19-21-43)34-23-32(40)13-16-36(34)44(37)25-28-10-14-33(46-3)15-11-28;1-2/h5-17,23-24,29,35,45H,4,18-22,25-26H2,1-3H3;1-2H3/b37-7-;. The molecule has 1 aromatic heterocycles. The Bertz CT molecular complexity index is 1690. The molecule has 1 saturated heterocycles. The van der Waals surface area contributed by atoms with Crippen LogP contribution in [0, 0.1) is 12.8 Å². The van der Waals surface area contributed by atoms with Gasteiger partial charge in [-0.25, -0.2) is 4.98 Å². The molecule has 0 spiro atoms. The number of benzene rings is 3. The zero-order valence-electron chi connectivity index (χ0n) is 29.0. The Morgan fingerprint density at radius 1 is 0.979 bits per heavy atom. The predicted molar refractivity (Wildman–Crippen MR) is 201 cm³/mol. The third-order valence-corrected chi connectivity index (χ3v) is 9.48. The number of ether oxygens (including phenoxy) is 1. The highest BCUT2D eigenvalue weighted by Crippen LogP contribution is 2.37. The van der Waals surface area contributed by atoms with Crippen LogP contribution in [0.2, 0.25) is 5.02 Å². The number of piperidine rings is 1. The number of aliphatic hydroxyl groups is 1. The Labute approximate surface area is 291 Å². The van der Waals surface area contributed by atoms with E-state index in [1.54, 1.807) is 7.11 Å². The monoisotopic (exact) mass is 664 g/mol. The largest absolute Gasteiger partial charge is 0.497 e. The third-order valence-electron chi connectivity index (χ3n) is 9.25. The second-order valence-electron chi connectivity index (χ2n) is 12.3. The number of hydrogen-bond acceptors (Lipinski definition) is 6. The van der Waals surface area contributed by atoms with Gasteiger partial charge in [-0.3, -0.25) is 4.99 Å². The summed E-state index contributed by atoms with van der Waals surface area (Å²) in [4.78, 5) is 15.3. The summed E-state index contributed by atoms with van der Waals surface area (Å²) in [7, 11) is 1.70. The number of rotatable bonds is 9. The van der Waals surface area contributed by atoms with Gasteiger partial charge in [0.1, 0.15) is 11.6 Å². The summed E-state index contributed by atoms with van der Waals surface area (Å²) in [5.41, 5.74) is 8.83. The van der Waals surface area contributed by atoms with Crippen LogP contribution in [0.5, 0.6) is 5.75 Å². The molecule has 6 rings (SSSR count). The van der Waals surface area contributed by atoms with Gasteiger partial charge in [-0.1, -0.05) is 74.8 Å². The van der Waals surface area contributed by atoms with Gasteiger partial charge in [-0.15, -0.1) is 0 Å². The normalized spacial score (nSPS) is 17.3. The lowest BCUT2D eigenvalue weighted by Crippen LogP contribution is -2.35. The van der Waals surface area contributed by atoms with Crippen LogP contribution in [0.25, 0.3) is 0 Å². The average Bonchev–Trinajstić information content (AvgIpc) is 3.25. The van der Waals surface area contributed by atoms with Crippen molar-refractivity contribution in [2.45, 2.75) is 66.0 Å². The Kier molecular flexibility index (Phi) is 12.3. The lowest BCUT2D eigenvalue weighted by atomic mass is 9.97. The maximum Gasteiger partial charge on any atom is 0.128 e. The van der Waals surface area contributed by atoms with Crippen molar-refractivity contribution in [3.63, 3.8) is 0 Å².